The second kappa shape index (κ2) is 5.27. The molecule has 100 valence electrons. The first-order valence-corrected chi connectivity index (χ1v) is 5.43. The molecule has 0 aliphatic rings. The van der Waals surface area contributed by atoms with E-state index < -0.39 is 18.7 Å². The molecule has 0 aliphatic heterocycles. The van der Waals surface area contributed by atoms with Crippen LogP contribution in [0.15, 0.2) is 42.5 Å². The van der Waals surface area contributed by atoms with E-state index in [2.05, 4.69) is 4.84 Å². The lowest BCUT2D eigenvalue weighted by atomic mass is 10.1. The van der Waals surface area contributed by atoms with Gasteiger partial charge in [-0.25, -0.2) is 5.48 Å². The van der Waals surface area contributed by atoms with E-state index in [0.717, 1.165) is 10.8 Å². The SMILES string of the molecule is O=C(NOCC(F)(F)F)c1ccc2ccccc2c1. The van der Waals surface area contributed by atoms with Crippen molar-refractivity contribution < 1.29 is 22.8 Å². The van der Waals surface area contributed by atoms with Crippen molar-refractivity contribution in [3.05, 3.63) is 48.0 Å². The molecule has 0 saturated carbocycles. The third kappa shape index (κ3) is 3.69. The lowest BCUT2D eigenvalue weighted by Crippen LogP contribution is -2.29. The van der Waals surface area contributed by atoms with Crippen LogP contribution in [0, 0.1) is 0 Å². The van der Waals surface area contributed by atoms with E-state index in [1.807, 2.05) is 24.3 Å². The topological polar surface area (TPSA) is 38.3 Å². The highest BCUT2D eigenvalue weighted by molar-refractivity contribution is 5.98. The first-order valence-electron chi connectivity index (χ1n) is 5.43. The summed E-state index contributed by atoms with van der Waals surface area (Å²) in [5.41, 5.74) is 2.00. The molecule has 0 spiro atoms. The monoisotopic (exact) mass is 269 g/mol. The molecule has 0 radical (unpaired) electrons. The van der Waals surface area contributed by atoms with E-state index in [1.165, 1.54) is 6.07 Å². The molecule has 0 saturated heterocycles. The summed E-state index contributed by atoms with van der Waals surface area (Å²) in [6.45, 7) is -1.52. The zero-order valence-corrected chi connectivity index (χ0v) is 9.70. The van der Waals surface area contributed by atoms with Crippen LogP contribution in [-0.4, -0.2) is 18.7 Å². The molecule has 0 aromatic heterocycles. The lowest BCUT2D eigenvalue weighted by Gasteiger charge is -2.08. The third-order valence-electron chi connectivity index (χ3n) is 2.41. The molecule has 2 aromatic carbocycles. The molecule has 19 heavy (non-hydrogen) atoms. The largest absolute Gasteiger partial charge is 0.414 e. The summed E-state index contributed by atoms with van der Waals surface area (Å²) in [6, 6.07) is 12.2. The van der Waals surface area contributed by atoms with E-state index in [4.69, 9.17) is 0 Å². The fourth-order valence-corrected chi connectivity index (χ4v) is 1.57. The fraction of sp³-hybridized carbons (Fsp3) is 0.154. The van der Waals surface area contributed by atoms with E-state index in [9.17, 15) is 18.0 Å². The van der Waals surface area contributed by atoms with Gasteiger partial charge in [0.05, 0.1) is 0 Å². The average Bonchev–Trinajstić information content (AvgIpc) is 2.36. The summed E-state index contributed by atoms with van der Waals surface area (Å²) in [5, 5.41) is 1.77. The van der Waals surface area contributed by atoms with Crippen LogP contribution in [0.4, 0.5) is 13.2 Å². The van der Waals surface area contributed by atoms with Crippen LogP contribution in [0.5, 0.6) is 0 Å². The molecular formula is C13H10F3NO2. The number of halogens is 3. The van der Waals surface area contributed by atoms with Gasteiger partial charge < -0.3 is 0 Å². The summed E-state index contributed by atoms with van der Waals surface area (Å²) in [4.78, 5) is 15.7. The van der Waals surface area contributed by atoms with Crippen molar-refractivity contribution in [3.63, 3.8) is 0 Å². The Hall–Kier alpha value is -2.08. The van der Waals surface area contributed by atoms with Crippen molar-refractivity contribution in [2.45, 2.75) is 6.18 Å². The quantitative estimate of drug-likeness (QED) is 0.870. The molecule has 6 heteroatoms. The predicted octanol–water partition coefficient (Wildman–Crippen LogP) is 3.06. The van der Waals surface area contributed by atoms with E-state index >= 15 is 0 Å². The molecule has 2 aromatic rings. The van der Waals surface area contributed by atoms with Crippen LogP contribution in [0.25, 0.3) is 10.8 Å². The van der Waals surface area contributed by atoms with Crippen molar-refractivity contribution in [2.24, 2.45) is 0 Å². The smallest absolute Gasteiger partial charge is 0.267 e. The van der Waals surface area contributed by atoms with Gasteiger partial charge in [-0.05, 0) is 22.9 Å². The number of benzene rings is 2. The molecule has 2 rings (SSSR count). The standard InChI is InChI=1S/C13H10F3NO2/c14-13(15,16)8-19-17-12(18)11-6-5-9-3-1-2-4-10(9)7-11/h1-7H,8H2,(H,17,18). The Morgan fingerprint density at radius 2 is 1.79 bits per heavy atom. The molecule has 0 atom stereocenters. The number of hydrogen-bond donors (Lipinski definition) is 1. The maximum absolute atomic E-state index is 11.8. The summed E-state index contributed by atoms with van der Waals surface area (Å²) in [5.74, 6) is -0.713. The van der Waals surface area contributed by atoms with Crippen molar-refractivity contribution >= 4 is 16.7 Å². The van der Waals surface area contributed by atoms with Crippen molar-refractivity contribution in [3.8, 4) is 0 Å². The summed E-state index contributed by atoms with van der Waals surface area (Å²) < 4.78 is 35.5. The van der Waals surface area contributed by atoms with Gasteiger partial charge >= 0.3 is 6.18 Å². The molecule has 1 amide bonds. The first-order chi connectivity index (χ1) is 8.96. The minimum absolute atomic E-state index is 0.237. The van der Waals surface area contributed by atoms with Gasteiger partial charge in [-0.15, -0.1) is 0 Å². The summed E-state index contributed by atoms with van der Waals surface area (Å²) >= 11 is 0. The number of nitrogens with one attached hydrogen (secondary N) is 1. The molecule has 0 fully saturated rings. The van der Waals surface area contributed by atoms with Crippen LogP contribution in [0.2, 0.25) is 0 Å². The highest BCUT2D eigenvalue weighted by Gasteiger charge is 2.28. The number of rotatable bonds is 3. The van der Waals surface area contributed by atoms with E-state index in [0.29, 0.717) is 0 Å². The highest BCUT2D eigenvalue weighted by Crippen LogP contribution is 2.16. The molecule has 0 heterocycles. The number of hydrogen-bond acceptors (Lipinski definition) is 2. The van der Waals surface area contributed by atoms with Crippen molar-refractivity contribution in [2.75, 3.05) is 6.61 Å². The number of carbonyl (C=O) groups excluding carboxylic acids is 1. The van der Waals surface area contributed by atoms with Gasteiger partial charge in [-0.2, -0.15) is 13.2 Å². The molecule has 1 N–H and O–H groups in total. The van der Waals surface area contributed by atoms with Crippen LogP contribution >= 0.6 is 0 Å². The average molecular weight is 269 g/mol. The Labute approximate surface area is 106 Å². The van der Waals surface area contributed by atoms with E-state index in [-0.39, 0.29) is 5.56 Å². The Balaban J connectivity index is 2.05. The van der Waals surface area contributed by atoms with Crippen LogP contribution < -0.4 is 5.48 Å². The summed E-state index contributed by atoms with van der Waals surface area (Å²) in [7, 11) is 0. The van der Waals surface area contributed by atoms with Gasteiger partial charge in [0.25, 0.3) is 5.91 Å². The minimum Gasteiger partial charge on any atom is -0.267 e. The molecule has 0 aliphatic carbocycles. The molecule has 0 bridgehead atoms. The maximum atomic E-state index is 11.8. The zero-order valence-electron chi connectivity index (χ0n) is 9.70. The normalized spacial score (nSPS) is 11.5. The van der Waals surface area contributed by atoms with Gasteiger partial charge in [0, 0.05) is 5.56 Å². The number of fused-ring (bicyclic) bond motifs is 1. The minimum atomic E-state index is -4.48. The highest BCUT2D eigenvalue weighted by atomic mass is 19.4. The van der Waals surface area contributed by atoms with Crippen LogP contribution in [-0.2, 0) is 4.84 Å². The van der Waals surface area contributed by atoms with Crippen molar-refractivity contribution in [1.29, 1.82) is 0 Å². The number of amides is 1. The second-order valence-corrected chi connectivity index (χ2v) is 3.90. The molecule has 0 unspecified atom stereocenters. The molecule has 3 nitrogen and oxygen atoms in total. The van der Waals surface area contributed by atoms with Crippen molar-refractivity contribution in [1.82, 2.24) is 5.48 Å². The molecular weight excluding hydrogens is 259 g/mol. The zero-order chi connectivity index (χ0) is 13.9. The van der Waals surface area contributed by atoms with Crippen LogP contribution in [0.1, 0.15) is 10.4 Å². The van der Waals surface area contributed by atoms with Gasteiger partial charge in [-0.1, -0.05) is 30.3 Å². The number of carbonyl (C=O) groups is 1. The second-order valence-electron chi connectivity index (χ2n) is 3.90. The third-order valence-corrected chi connectivity index (χ3v) is 2.41. The van der Waals surface area contributed by atoms with Gasteiger partial charge in [0.2, 0.25) is 0 Å². The van der Waals surface area contributed by atoms with Gasteiger partial charge in [0.1, 0.15) is 0 Å². The lowest BCUT2D eigenvalue weighted by molar-refractivity contribution is -0.184. The van der Waals surface area contributed by atoms with E-state index in [1.54, 1.807) is 17.6 Å². The Kier molecular flexibility index (Phi) is 3.71. The fourth-order valence-electron chi connectivity index (χ4n) is 1.57. The Morgan fingerprint density at radius 1 is 1.11 bits per heavy atom. The Morgan fingerprint density at radius 3 is 2.47 bits per heavy atom. The predicted molar refractivity (Wildman–Crippen MR) is 63.4 cm³/mol. The Bertz CT molecular complexity index is 596. The van der Waals surface area contributed by atoms with Gasteiger partial charge in [0.15, 0.2) is 6.61 Å². The summed E-state index contributed by atoms with van der Waals surface area (Å²) in [6.07, 6.45) is -4.48. The van der Waals surface area contributed by atoms with Gasteiger partial charge in [-0.3, -0.25) is 9.63 Å². The number of hydroxylamine groups is 1. The first kappa shape index (κ1) is 13.4. The van der Waals surface area contributed by atoms with Crippen LogP contribution in [0.3, 0.4) is 0 Å². The number of alkyl halides is 3. The maximum Gasteiger partial charge on any atom is 0.414 e.